The number of anilines is 1. The summed E-state index contributed by atoms with van der Waals surface area (Å²) in [7, 11) is 0. The molecule has 1 heterocycles. The topological polar surface area (TPSA) is 75.3 Å². The minimum Gasteiger partial charge on any atom is -0.326 e. The van der Waals surface area contributed by atoms with Crippen LogP contribution in [0, 0.1) is 12.8 Å². The number of imide groups is 1. The van der Waals surface area contributed by atoms with E-state index in [4.69, 9.17) is 0 Å². The van der Waals surface area contributed by atoms with Crippen molar-refractivity contribution in [2.45, 2.75) is 26.2 Å². The Kier molecular flexibility index (Phi) is 4.93. The van der Waals surface area contributed by atoms with Crippen molar-refractivity contribution in [2.75, 3.05) is 5.32 Å². The van der Waals surface area contributed by atoms with Crippen molar-refractivity contribution < 1.29 is 14.4 Å². The van der Waals surface area contributed by atoms with Crippen LogP contribution < -0.4 is 10.6 Å². The van der Waals surface area contributed by atoms with E-state index in [-0.39, 0.29) is 30.1 Å². The molecule has 1 fully saturated rings. The second kappa shape index (κ2) is 7.30. The first kappa shape index (κ1) is 16.9. The van der Waals surface area contributed by atoms with Crippen LogP contribution in [0.3, 0.4) is 0 Å². The van der Waals surface area contributed by atoms with Crippen LogP contribution in [0.25, 0.3) is 0 Å². The number of aryl methyl sites for hydroxylation is 1. The predicted molar refractivity (Wildman–Crippen MR) is 94.9 cm³/mol. The highest BCUT2D eigenvalue weighted by Crippen LogP contribution is 2.19. The fourth-order valence-corrected chi connectivity index (χ4v) is 2.99. The number of carbonyl (C=O) groups excluding carboxylic acids is 3. The van der Waals surface area contributed by atoms with Gasteiger partial charge in [0.25, 0.3) is 0 Å². The number of hydrogen-bond acceptors (Lipinski definition) is 3. The fourth-order valence-electron chi connectivity index (χ4n) is 2.99. The van der Waals surface area contributed by atoms with Gasteiger partial charge in [0.1, 0.15) is 0 Å². The molecule has 0 aromatic heterocycles. The smallest absolute Gasteiger partial charge is 0.230 e. The number of benzene rings is 2. The Morgan fingerprint density at radius 3 is 2.52 bits per heavy atom. The summed E-state index contributed by atoms with van der Waals surface area (Å²) in [4.78, 5) is 35.0. The molecule has 0 saturated carbocycles. The molecule has 0 aliphatic carbocycles. The zero-order valence-electron chi connectivity index (χ0n) is 14.0. The van der Waals surface area contributed by atoms with Crippen LogP contribution in [0.15, 0.2) is 48.5 Å². The lowest BCUT2D eigenvalue weighted by Crippen LogP contribution is -2.22. The van der Waals surface area contributed by atoms with Crippen molar-refractivity contribution >= 4 is 23.4 Å². The molecule has 25 heavy (non-hydrogen) atoms. The van der Waals surface area contributed by atoms with Crippen molar-refractivity contribution in [1.82, 2.24) is 5.32 Å². The molecule has 3 rings (SSSR count). The molecule has 1 aliphatic heterocycles. The average molecular weight is 336 g/mol. The van der Waals surface area contributed by atoms with Gasteiger partial charge in [-0.1, -0.05) is 42.0 Å². The summed E-state index contributed by atoms with van der Waals surface area (Å²) < 4.78 is 0. The summed E-state index contributed by atoms with van der Waals surface area (Å²) in [5.41, 5.74) is 3.79. The van der Waals surface area contributed by atoms with Gasteiger partial charge in [-0.15, -0.1) is 0 Å². The summed E-state index contributed by atoms with van der Waals surface area (Å²) in [6.07, 6.45) is 1.09. The number of nitrogens with one attached hydrogen (secondary N) is 2. The maximum Gasteiger partial charge on any atom is 0.230 e. The van der Waals surface area contributed by atoms with Crippen LogP contribution in [0.1, 0.15) is 23.1 Å². The number of rotatable bonds is 5. The number of amides is 3. The Bertz CT molecular complexity index is 812. The van der Waals surface area contributed by atoms with Gasteiger partial charge in [-0.2, -0.15) is 0 Å². The lowest BCUT2D eigenvalue weighted by Gasteiger charge is -2.09. The van der Waals surface area contributed by atoms with E-state index < -0.39 is 0 Å². The zero-order chi connectivity index (χ0) is 17.8. The summed E-state index contributed by atoms with van der Waals surface area (Å²) in [5.74, 6) is -0.788. The molecule has 1 saturated heterocycles. The van der Waals surface area contributed by atoms with Gasteiger partial charge < -0.3 is 5.32 Å². The molecule has 0 radical (unpaired) electrons. The minimum atomic E-state index is -0.297. The molecule has 2 aromatic carbocycles. The molecular weight excluding hydrogens is 316 g/mol. The number of carbonyl (C=O) groups is 3. The standard InChI is InChI=1S/C20H20N2O3/c1-13-3-2-4-15(9-13)11-18(23)21-17-7-5-14(6-8-17)10-16-12-19(24)22-20(16)25/h2-9,16H,10-12H2,1H3,(H,21,23)(H,22,24,25). The Hall–Kier alpha value is -2.95. The number of hydrogen-bond donors (Lipinski definition) is 2. The fraction of sp³-hybridized carbons (Fsp3) is 0.250. The highest BCUT2D eigenvalue weighted by atomic mass is 16.2. The van der Waals surface area contributed by atoms with Crippen LogP contribution in [0.2, 0.25) is 0 Å². The third kappa shape index (κ3) is 4.53. The second-order valence-electron chi connectivity index (χ2n) is 6.43. The first-order chi connectivity index (χ1) is 12.0. The van der Waals surface area contributed by atoms with Gasteiger partial charge in [-0.25, -0.2) is 0 Å². The van der Waals surface area contributed by atoms with Gasteiger partial charge in [-0.05, 0) is 36.6 Å². The Morgan fingerprint density at radius 2 is 1.88 bits per heavy atom. The second-order valence-corrected chi connectivity index (χ2v) is 6.43. The summed E-state index contributed by atoms with van der Waals surface area (Å²) in [6, 6.07) is 15.3. The maximum atomic E-state index is 12.1. The lowest BCUT2D eigenvalue weighted by atomic mass is 9.98. The molecule has 1 atom stereocenters. The Labute approximate surface area is 146 Å². The van der Waals surface area contributed by atoms with E-state index in [1.165, 1.54) is 0 Å². The molecule has 2 N–H and O–H groups in total. The molecule has 2 aromatic rings. The first-order valence-electron chi connectivity index (χ1n) is 8.27. The summed E-state index contributed by atoms with van der Waals surface area (Å²) in [6.45, 7) is 2.00. The van der Waals surface area contributed by atoms with Gasteiger partial charge in [0.05, 0.1) is 12.3 Å². The Balaban J connectivity index is 1.56. The van der Waals surface area contributed by atoms with Crippen molar-refractivity contribution in [1.29, 1.82) is 0 Å². The monoisotopic (exact) mass is 336 g/mol. The van der Waals surface area contributed by atoms with Crippen LogP contribution in [-0.2, 0) is 27.2 Å². The predicted octanol–water partition coefficient (Wildman–Crippen LogP) is 2.38. The molecule has 5 nitrogen and oxygen atoms in total. The highest BCUT2D eigenvalue weighted by molar-refractivity contribution is 6.03. The van der Waals surface area contributed by atoms with Crippen molar-refractivity contribution in [3.8, 4) is 0 Å². The molecule has 0 spiro atoms. The van der Waals surface area contributed by atoms with Crippen molar-refractivity contribution in [3.63, 3.8) is 0 Å². The third-order valence-electron chi connectivity index (χ3n) is 4.23. The summed E-state index contributed by atoms with van der Waals surface area (Å²) in [5, 5.41) is 5.19. The molecule has 1 unspecified atom stereocenters. The lowest BCUT2D eigenvalue weighted by molar-refractivity contribution is -0.125. The van der Waals surface area contributed by atoms with Gasteiger partial charge >= 0.3 is 0 Å². The van der Waals surface area contributed by atoms with E-state index >= 15 is 0 Å². The average Bonchev–Trinajstić information content (AvgIpc) is 2.86. The van der Waals surface area contributed by atoms with E-state index in [9.17, 15) is 14.4 Å². The van der Waals surface area contributed by atoms with Gasteiger partial charge in [-0.3, -0.25) is 19.7 Å². The van der Waals surface area contributed by atoms with Crippen LogP contribution in [0.5, 0.6) is 0 Å². The van der Waals surface area contributed by atoms with Crippen molar-refractivity contribution in [3.05, 3.63) is 65.2 Å². The molecule has 5 heteroatoms. The van der Waals surface area contributed by atoms with E-state index in [0.29, 0.717) is 18.5 Å². The van der Waals surface area contributed by atoms with E-state index in [1.807, 2.05) is 55.5 Å². The zero-order valence-corrected chi connectivity index (χ0v) is 14.0. The van der Waals surface area contributed by atoms with Gasteiger partial charge in [0.15, 0.2) is 0 Å². The minimum absolute atomic E-state index is 0.0703. The highest BCUT2D eigenvalue weighted by Gasteiger charge is 2.30. The van der Waals surface area contributed by atoms with Crippen LogP contribution in [0.4, 0.5) is 5.69 Å². The van der Waals surface area contributed by atoms with Gasteiger partial charge in [0.2, 0.25) is 17.7 Å². The molecule has 0 bridgehead atoms. The third-order valence-corrected chi connectivity index (χ3v) is 4.23. The quantitative estimate of drug-likeness (QED) is 0.823. The van der Waals surface area contributed by atoms with Crippen LogP contribution in [-0.4, -0.2) is 17.7 Å². The van der Waals surface area contributed by atoms with Crippen LogP contribution >= 0.6 is 0 Å². The molecule has 3 amide bonds. The Morgan fingerprint density at radius 1 is 1.12 bits per heavy atom. The maximum absolute atomic E-state index is 12.1. The first-order valence-corrected chi connectivity index (χ1v) is 8.27. The SMILES string of the molecule is Cc1cccc(CC(=O)Nc2ccc(CC3CC(=O)NC3=O)cc2)c1. The largest absolute Gasteiger partial charge is 0.326 e. The van der Waals surface area contributed by atoms with E-state index in [2.05, 4.69) is 10.6 Å². The molecular formula is C20H20N2O3. The summed E-state index contributed by atoms with van der Waals surface area (Å²) >= 11 is 0. The van der Waals surface area contributed by atoms with Gasteiger partial charge in [0, 0.05) is 12.1 Å². The molecule has 128 valence electrons. The normalized spacial score (nSPS) is 16.6. The van der Waals surface area contributed by atoms with E-state index in [0.717, 1.165) is 16.7 Å². The molecule has 1 aliphatic rings. The van der Waals surface area contributed by atoms with Crippen molar-refractivity contribution in [2.24, 2.45) is 5.92 Å². The van der Waals surface area contributed by atoms with E-state index in [1.54, 1.807) is 0 Å².